The van der Waals surface area contributed by atoms with Crippen molar-refractivity contribution in [3.05, 3.63) is 47.6 Å². The molecule has 2 nitrogen and oxygen atoms in total. The van der Waals surface area contributed by atoms with E-state index in [1.807, 2.05) is 24.3 Å². The number of hydrogen-bond donors (Lipinski definition) is 1. The molecule has 0 aliphatic carbocycles. The number of fused-ring (bicyclic) bond motifs is 1. The fourth-order valence-electron chi connectivity index (χ4n) is 1.72. The lowest BCUT2D eigenvalue weighted by molar-refractivity contribution is 1.34. The van der Waals surface area contributed by atoms with Crippen molar-refractivity contribution in [3.8, 4) is 10.6 Å². The summed E-state index contributed by atoms with van der Waals surface area (Å²) in [6, 6.07) is 11.6. The Morgan fingerprint density at radius 1 is 1.12 bits per heavy atom. The molecule has 3 aromatic rings. The lowest BCUT2D eigenvalue weighted by Gasteiger charge is -1.96. The first-order valence-electron chi connectivity index (χ1n) is 5.13. The molecule has 2 aromatic heterocycles. The van der Waals surface area contributed by atoms with Crippen LogP contribution in [-0.4, -0.2) is 4.98 Å². The SMILES string of the molecule is Nc1ccnc(-c2cc3cc(Cl)ccc3s2)c1. The average Bonchev–Trinajstić information content (AvgIpc) is 2.72. The summed E-state index contributed by atoms with van der Waals surface area (Å²) in [5, 5.41) is 1.89. The second-order valence-electron chi connectivity index (χ2n) is 3.77. The van der Waals surface area contributed by atoms with Crippen LogP contribution in [0.15, 0.2) is 42.6 Å². The van der Waals surface area contributed by atoms with Crippen molar-refractivity contribution in [2.75, 3.05) is 5.73 Å². The van der Waals surface area contributed by atoms with Crippen LogP contribution in [0.3, 0.4) is 0 Å². The maximum absolute atomic E-state index is 5.97. The van der Waals surface area contributed by atoms with Crippen molar-refractivity contribution in [1.82, 2.24) is 4.98 Å². The van der Waals surface area contributed by atoms with Gasteiger partial charge < -0.3 is 5.73 Å². The van der Waals surface area contributed by atoms with Crippen molar-refractivity contribution < 1.29 is 0 Å². The molecule has 0 bridgehead atoms. The summed E-state index contributed by atoms with van der Waals surface area (Å²) in [6.45, 7) is 0. The molecule has 4 heteroatoms. The van der Waals surface area contributed by atoms with Crippen LogP contribution in [0.5, 0.6) is 0 Å². The summed E-state index contributed by atoms with van der Waals surface area (Å²) in [7, 11) is 0. The standard InChI is InChI=1S/C13H9ClN2S/c14-9-1-2-12-8(5-9)6-13(17-12)11-7-10(15)3-4-16-11/h1-7H,(H2,15,16). The fraction of sp³-hybridized carbons (Fsp3) is 0. The molecule has 0 unspecified atom stereocenters. The number of nitrogen functional groups attached to an aromatic ring is 1. The van der Waals surface area contributed by atoms with Crippen LogP contribution in [-0.2, 0) is 0 Å². The van der Waals surface area contributed by atoms with Crippen LogP contribution in [0, 0.1) is 0 Å². The molecule has 3 rings (SSSR count). The van der Waals surface area contributed by atoms with E-state index in [4.69, 9.17) is 17.3 Å². The van der Waals surface area contributed by atoms with E-state index in [9.17, 15) is 0 Å². The smallest absolute Gasteiger partial charge is 0.0822 e. The Kier molecular flexibility index (Phi) is 2.50. The topological polar surface area (TPSA) is 38.9 Å². The first-order valence-corrected chi connectivity index (χ1v) is 6.33. The zero-order chi connectivity index (χ0) is 11.8. The van der Waals surface area contributed by atoms with Gasteiger partial charge in [-0.2, -0.15) is 0 Å². The summed E-state index contributed by atoms with van der Waals surface area (Å²) < 4.78 is 1.20. The predicted molar refractivity (Wildman–Crippen MR) is 74.5 cm³/mol. The van der Waals surface area contributed by atoms with Gasteiger partial charge in [-0.05, 0) is 41.8 Å². The van der Waals surface area contributed by atoms with Crippen LogP contribution in [0.25, 0.3) is 20.7 Å². The van der Waals surface area contributed by atoms with Gasteiger partial charge in [0.25, 0.3) is 0 Å². The molecule has 2 heterocycles. The number of rotatable bonds is 1. The molecule has 2 N–H and O–H groups in total. The number of aromatic nitrogens is 1. The largest absolute Gasteiger partial charge is 0.399 e. The third-order valence-corrected chi connectivity index (χ3v) is 3.89. The summed E-state index contributed by atoms with van der Waals surface area (Å²) in [6.07, 6.45) is 1.72. The Morgan fingerprint density at radius 2 is 2.00 bits per heavy atom. The highest BCUT2D eigenvalue weighted by atomic mass is 35.5. The van der Waals surface area contributed by atoms with Gasteiger partial charge in [-0.15, -0.1) is 11.3 Å². The number of benzene rings is 1. The fourth-order valence-corrected chi connectivity index (χ4v) is 2.91. The number of nitrogens with zero attached hydrogens (tertiary/aromatic N) is 1. The number of anilines is 1. The van der Waals surface area contributed by atoms with E-state index in [-0.39, 0.29) is 0 Å². The van der Waals surface area contributed by atoms with E-state index in [2.05, 4.69) is 11.1 Å². The van der Waals surface area contributed by atoms with E-state index in [1.54, 1.807) is 23.6 Å². The van der Waals surface area contributed by atoms with Crippen molar-refractivity contribution in [3.63, 3.8) is 0 Å². The number of thiophene rings is 1. The summed E-state index contributed by atoms with van der Waals surface area (Å²) in [5.41, 5.74) is 7.39. The molecule has 0 fully saturated rings. The van der Waals surface area contributed by atoms with Gasteiger partial charge in [0.05, 0.1) is 10.6 Å². The first-order chi connectivity index (χ1) is 8.22. The third-order valence-electron chi connectivity index (χ3n) is 2.51. The number of nitrogens with two attached hydrogens (primary N) is 1. The summed E-state index contributed by atoms with van der Waals surface area (Å²) in [5.74, 6) is 0. The minimum absolute atomic E-state index is 0.727. The van der Waals surface area contributed by atoms with Gasteiger partial charge >= 0.3 is 0 Å². The first kappa shape index (κ1) is 10.6. The minimum atomic E-state index is 0.727. The highest BCUT2D eigenvalue weighted by molar-refractivity contribution is 7.22. The zero-order valence-electron chi connectivity index (χ0n) is 8.85. The molecule has 1 aromatic carbocycles. The van der Waals surface area contributed by atoms with E-state index < -0.39 is 0 Å². The maximum Gasteiger partial charge on any atom is 0.0822 e. The molecule has 84 valence electrons. The van der Waals surface area contributed by atoms with Gasteiger partial charge in [-0.3, -0.25) is 4.98 Å². The molecule has 0 aliphatic rings. The molecule has 0 saturated heterocycles. The minimum Gasteiger partial charge on any atom is -0.399 e. The zero-order valence-corrected chi connectivity index (χ0v) is 10.4. The van der Waals surface area contributed by atoms with Gasteiger partial charge in [0, 0.05) is 21.6 Å². The van der Waals surface area contributed by atoms with Crippen LogP contribution in [0.4, 0.5) is 5.69 Å². The summed E-state index contributed by atoms with van der Waals surface area (Å²) >= 11 is 7.66. The molecule has 0 amide bonds. The molecule has 0 spiro atoms. The Bertz CT molecular complexity index is 691. The Labute approximate surface area is 108 Å². The third kappa shape index (κ3) is 1.99. The lowest BCUT2D eigenvalue weighted by atomic mass is 10.2. The van der Waals surface area contributed by atoms with Crippen LogP contribution in [0.1, 0.15) is 0 Å². The van der Waals surface area contributed by atoms with Crippen molar-refractivity contribution in [1.29, 1.82) is 0 Å². The molecule has 17 heavy (non-hydrogen) atoms. The van der Waals surface area contributed by atoms with Gasteiger partial charge in [-0.1, -0.05) is 11.6 Å². The van der Waals surface area contributed by atoms with Crippen molar-refractivity contribution in [2.24, 2.45) is 0 Å². The molecule has 0 saturated carbocycles. The lowest BCUT2D eigenvalue weighted by Crippen LogP contribution is -1.86. The molecular weight excluding hydrogens is 252 g/mol. The predicted octanol–water partition coefficient (Wildman–Crippen LogP) is 4.20. The van der Waals surface area contributed by atoms with E-state index in [1.165, 1.54) is 4.70 Å². The summed E-state index contributed by atoms with van der Waals surface area (Å²) in [4.78, 5) is 5.43. The monoisotopic (exact) mass is 260 g/mol. The molecule has 0 atom stereocenters. The normalized spacial score (nSPS) is 10.9. The van der Waals surface area contributed by atoms with Gasteiger partial charge in [-0.25, -0.2) is 0 Å². The Morgan fingerprint density at radius 3 is 2.82 bits per heavy atom. The van der Waals surface area contributed by atoms with Crippen molar-refractivity contribution in [2.45, 2.75) is 0 Å². The maximum atomic E-state index is 5.97. The average molecular weight is 261 g/mol. The van der Waals surface area contributed by atoms with E-state index in [0.29, 0.717) is 0 Å². The van der Waals surface area contributed by atoms with Gasteiger partial charge in [0.1, 0.15) is 0 Å². The Hall–Kier alpha value is -1.58. The molecule has 0 radical (unpaired) electrons. The van der Waals surface area contributed by atoms with Crippen LogP contribution in [0.2, 0.25) is 5.02 Å². The highest BCUT2D eigenvalue weighted by Gasteiger charge is 2.06. The van der Waals surface area contributed by atoms with Crippen LogP contribution >= 0.6 is 22.9 Å². The van der Waals surface area contributed by atoms with Crippen molar-refractivity contribution >= 4 is 38.7 Å². The molecule has 0 aliphatic heterocycles. The van der Waals surface area contributed by atoms with Gasteiger partial charge in [0.2, 0.25) is 0 Å². The molecular formula is C13H9ClN2S. The van der Waals surface area contributed by atoms with E-state index >= 15 is 0 Å². The number of halogens is 1. The highest BCUT2D eigenvalue weighted by Crippen LogP contribution is 2.34. The Balaban J connectivity index is 2.18. The van der Waals surface area contributed by atoms with Crippen LogP contribution < -0.4 is 5.73 Å². The second-order valence-corrected chi connectivity index (χ2v) is 5.29. The number of pyridine rings is 1. The second kappa shape index (κ2) is 4.02. The number of hydrogen-bond acceptors (Lipinski definition) is 3. The van der Waals surface area contributed by atoms with Gasteiger partial charge in [0.15, 0.2) is 0 Å². The van der Waals surface area contributed by atoms with E-state index in [0.717, 1.165) is 26.7 Å². The quantitative estimate of drug-likeness (QED) is 0.712.